The normalized spacial score (nSPS) is 22.6. The Kier molecular flexibility index (Phi) is 7.38. The average Bonchev–Trinajstić information content (AvgIpc) is 2.62. The van der Waals surface area contributed by atoms with Crippen LogP contribution >= 0.6 is 0 Å². The van der Waals surface area contributed by atoms with Crippen molar-refractivity contribution < 1.29 is 4.79 Å². The van der Waals surface area contributed by atoms with E-state index in [1.165, 1.54) is 5.57 Å². The van der Waals surface area contributed by atoms with Crippen molar-refractivity contribution in [2.75, 3.05) is 13.6 Å². The van der Waals surface area contributed by atoms with Crippen molar-refractivity contribution in [3.05, 3.63) is 41.7 Å². The number of nitriles is 1. The minimum absolute atomic E-state index is 0.194. The van der Waals surface area contributed by atoms with Crippen LogP contribution in [0.25, 0.3) is 0 Å². The number of hydrogen-bond donors (Lipinski definition) is 0. The summed E-state index contributed by atoms with van der Waals surface area (Å²) in [6, 6.07) is 8.20. The molecule has 0 radical (unpaired) electrons. The Morgan fingerprint density at radius 1 is 1.42 bits per heavy atom. The topological polar surface area (TPSA) is 57.0 Å². The van der Waals surface area contributed by atoms with Crippen LogP contribution in [-0.2, 0) is 11.2 Å². The van der Waals surface area contributed by atoms with Crippen molar-refractivity contribution in [3.8, 4) is 6.07 Å². The van der Waals surface area contributed by atoms with E-state index < -0.39 is 0 Å². The third-order valence-corrected chi connectivity index (χ3v) is 5.69. The monoisotopic (exact) mass is 353 g/mol. The summed E-state index contributed by atoms with van der Waals surface area (Å²) in [5.41, 5.74) is 2.29. The molecule has 0 fully saturated rings. The maximum Gasteiger partial charge on any atom is 0.222 e. The van der Waals surface area contributed by atoms with Gasteiger partial charge in [-0.15, -0.1) is 0 Å². The molecular formula is C22H31N3O. The number of carbonyl (C=O) groups excluding carboxylic acids is 1. The lowest BCUT2D eigenvalue weighted by Gasteiger charge is -2.36. The van der Waals surface area contributed by atoms with Crippen LogP contribution in [0, 0.1) is 35.0 Å². The van der Waals surface area contributed by atoms with Crippen LogP contribution in [0.3, 0.4) is 0 Å². The van der Waals surface area contributed by atoms with Gasteiger partial charge >= 0.3 is 0 Å². The number of hydrogen-bond acceptors (Lipinski definition) is 3. The molecule has 0 bridgehead atoms. The first-order chi connectivity index (χ1) is 12.4. The minimum atomic E-state index is 0.194. The van der Waals surface area contributed by atoms with Gasteiger partial charge in [0.25, 0.3) is 0 Å². The number of likely N-dealkylation sites (N-methyl/N-ethyl adjacent to an activating group) is 1. The van der Waals surface area contributed by atoms with E-state index in [0.29, 0.717) is 43.1 Å². The second-order valence-corrected chi connectivity index (χ2v) is 7.87. The summed E-state index contributed by atoms with van der Waals surface area (Å²) >= 11 is 0. The summed E-state index contributed by atoms with van der Waals surface area (Å²) < 4.78 is 0. The SMILES string of the molecule is CC1=CC(CC#N)C(C(C)C)CC1CC(=O)N(C)CCc1ccccn1. The van der Waals surface area contributed by atoms with Crippen molar-refractivity contribution in [1.29, 1.82) is 5.26 Å². The van der Waals surface area contributed by atoms with E-state index in [0.717, 1.165) is 18.5 Å². The predicted molar refractivity (Wildman–Crippen MR) is 104 cm³/mol. The maximum absolute atomic E-state index is 12.7. The highest BCUT2D eigenvalue weighted by Crippen LogP contribution is 2.40. The molecule has 0 saturated carbocycles. The fourth-order valence-corrected chi connectivity index (χ4v) is 3.93. The van der Waals surface area contributed by atoms with E-state index >= 15 is 0 Å². The zero-order valence-corrected chi connectivity index (χ0v) is 16.5. The van der Waals surface area contributed by atoms with Gasteiger partial charge in [0.2, 0.25) is 5.91 Å². The first-order valence-corrected chi connectivity index (χ1v) is 9.61. The summed E-state index contributed by atoms with van der Waals surface area (Å²) in [7, 11) is 1.88. The molecule has 0 saturated heterocycles. The molecule has 26 heavy (non-hydrogen) atoms. The molecule has 4 nitrogen and oxygen atoms in total. The van der Waals surface area contributed by atoms with Gasteiger partial charge in [-0.05, 0) is 49.1 Å². The fourth-order valence-electron chi connectivity index (χ4n) is 3.93. The molecule has 1 heterocycles. The van der Waals surface area contributed by atoms with Gasteiger partial charge in [0, 0.05) is 44.7 Å². The molecular weight excluding hydrogens is 322 g/mol. The smallest absolute Gasteiger partial charge is 0.222 e. The van der Waals surface area contributed by atoms with Crippen LogP contribution < -0.4 is 0 Å². The van der Waals surface area contributed by atoms with E-state index in [9.17, 15) is 4.79 Å². The zero-order chi connectivity index (χ0) is 19.1. The van der Waals surface area contributed by atoms with Gasteiger partial charge in [-0.2, -0.15) is 5.26 Å². The van der Waals surface area contributed by atoms with Crippen LogP contribution in [0.15, 0.2) is 36.0 Å². The van der Waals surface area contributed by atoms with Crippen LogP contribution in [0.2, 0.25) is 0 Å². The van der Waals surface area contributed by atoms with Crippen molar-refractivity contribution >= 4 is 5.91 Å². The molecule has 0 aliphatic heterocycles. The number of pyridine rings is 1. The average molecular weight is 354 g/mol. The predicted octanol–water partition coefficient (Wildman–Crippen LogP) is 4.24. The van der Waals surface area contributed by atoms with Crippen LogP contribution in [0.1, 0.15) is 45.7 Å². The Bertz CT molecular complexity index is 660. The molecule has 1 aliphatic carbocycles. The second-order valence-electron chi connectivity index (χ2n) is 7.87. The Balaban J connectivity index is 1.94. The highest BCUT2D eigenvalue weighted by Gasteiger charge is 2.32. The van der Waals surface area contributed by atoms with E-state index in [-0.39, 0.29) is 5.91 Å². The molecule has 1 aromatic rings. The highest BCUT2D eigenvalue weighted by molar-refractivity contribution is 5.76. The summed E-state index contributed by atoms with van der Waals surface area (Å²) in [4.78, 5) is 18.8. The lowest BCUT2D eigenvalue weighted by atomic mass is 9.69. The summed E-state index contributed by atoms with van der Waals surface area (Å²) in [6.45, 7) is 7.26. The molecule has 0 N–H and O–H groups in total. The summed E-state index contributed by atoms with van der Waals surface area (Å²) in [5.74, 6) is 1.82. The number of aromatic nitrogens is 1. The minimum Gasteiger partial charge on any atom is -0.345 e. The molecule has 1 aromatic heterocycles. The van der Waals surface area contributed by atoms with Gasteiger partial charge in [-0.25, -0.2) is 0 Å². The molecule has 140 valence electrons. The van der Waals surface area contributed by atoms with E-state index in [1.54, 1.807) is 6.20 Å². The fraction of sp³-hybridized carbons (Fsp3) is 0.591. The van der Waals surface area contributed by atoms with Crippen molar-refractivity contribution in [3.63, 3.8) is 0 Å². The maximum atomic E-state index is 12.7. The molecule has 2 rings (SSSR count). The number of rotatable bonds is 7. The van der Waals surface area contributed by atoms with E-state index in [1.807, 2.05) is 30.1 Å². The zero-order valence-electron chi connectivity index (χ0n) is 16.5. The second kappa shape index (κ2) is 9.52. The molecule has 3 unspecified atom stereocenters. The van der Waals surface area contributed by atoms with Gasteiger partial charge in [0.1, 0.15) is 0 Å². The summed E-state index contributed by atoms with van der Waals surface area (Å²) in [6.07, 6.45) is 6.96. The molecule has 0 spiro atoms. The Hall–Kier alpha value is -2.15. The molecule has 0 aromatic carbocycles. The van der Waals surface area contributed by atoms with Crippen molar-refractivity contribution in [2.24, 2.45) is 23.7 Å². The quantitative estimate of drug-likeness (QED) is 0.689. The number of allylic oxidation sites excluding steroid dienone is 2. The number of nitrogens with zero attached hydrogens (tertiary/aromatic N) is 3. The van der Waals surface area contributed by atoms with Gasteiger partial charge in [0.05, 0.1) is 6.07 Å². The van der Waals surface area contributed by atoms with Crippen molar-refractivity contribution in [2.45, 2.75) is 46.5 Å². The van der Waals surface area contributed by atoms with Gasteiger partial charge in [0.15, 0.2) is 0 Å². The Labute approximate surface area is 157 Å². The lowest BCUT2D eigenvalue weighted by Crippen LogP contribution is -2.33. The van der Waals surface area contributed by atoms with E-state index in [4.69, 9.17) is 5.26 Å². The molecule has 1 amide bonds. The van der Waals surface area contributed by atoms with Gasteiger partial charge < -0.3 is 4.90 Å². The van der Waals surface area contributed by atoms with Crippen LogP contribution in [0.4, 0.5) is 0 Å². The van der Waals surface area contributed by atoms with E-state index in [2.05, 4.69) is 37.9 Å². The van der Waals surface area contributed by atoms with Crippen molar-refractivity contribution in [1.82, 2.24) is 9.88 Å². The highest BCUT2D eigenvalue weighted by atomic mass is 16.2. The third-order valence-electron chi connectivity index (χ3n) is 5.69. The van der Waals surface area contributed by atoms with Crippen LogP contribution in [0.5, 0.6) is 0 Å². The summed E-state index contributed by atoms with van der Waals surface area (Å²) in [5, 5.41) is 9.10. The molecule has 1 aliphatic rings. The Morgan fingerprint density at radius 2 is 2.19 bits per heavy atom. The largest absolute Gasteiger partial charge is 0.345 e. The van der Waals surface area contributed by atoms with Gasteiger partial charge in [-0.1, -0.05) is 31.6 Å². The van der Waals surface area contributed by atoms with Crippen LogP contribution in [-0.4, -0.2) is 29.4 Å². The molecule has 3 atom stereocenters. The Morgan fingerprint density at radius 3 is 2.81 bits per heavy atom. The standard InChI is InChI=1S/C22H31N3O/c1-16(2)21-14-19(17(3)13-18(21)8-10-23)15-22(26)25(4)12-9-20-7-5-6-11-24-20/h5-7,11,13,16,18-19,21H,8-9,12,14-15H2,1-4H3. The first kappa shape index (κ1) is 20.2. The lowest BCUT2D eigenvalue weighted by molar-refractivity contribution is -0.130. The molecule has 4 heteroatoms. The number of carbonyl (C=O) groups is 1. The third kappa shape index (κ3) is 5.42. The number of amides is 1. The van der Waals surface area contributed by atoms with Gasteiger partial charge in [-0.3, -0.25) is 9.78 Å². The first-order valence-electron chi connectivity index (χ1n) is 9.61.